The van der Waals surface area contributed by atoms with E-state index in [4.69, 9.17) is 21.1 Å². The minimum absolute atomic E-state index is 0.0194. The van der Waals surface area contributed by atoms with E-state index in [0.717, 1.165) is 18.2 Å². The number of hydrogen-bond donors (Lipinski definition) is 1. The summed E-state index contributed by atoms with van der Waals surface area (Å²) < 4.78 is 49.2. The number of methoxy groups -OCH3 is 2. The van der Waals surface area contributed by atoms with Crippen LogP contribution in [0.4, 0.5) is 18.9 Å². The number of nitrogens with zero attached hydrogens (tertiary/aromatic N) is 1. The molecule has 1 heterocycles. The number of halogens is 4. The molecule has 1 saturated heterocycles. The summed E-state index contributed by atoms with van der Waals surface area (Å²) >= 11 is 5.96. The predicted octanol–water partition coefficient (Wildman–Crippen LogP) is 4.87. The molecule has 0 bridgehead atoms. The summed E-state index contributed by atoms with van der Waals surface area (Å²) in [6.45, 7) is 0.652. The number of benzene rings is 2. The predicted molar refractivity (Wildman–Crippen MR) is 113 cm³/mol. The minimum atomic E-state index is -4.54. The molecular weight excluding hydrogens is 449 g/mol. The Balaban J connectivity index is 1.64. The van der Waals surface area contributed by atoms with Gasteiger partial charge in [0.2, 0.25) is 5.91 Å². The van der Waals surface area contributed by atoms with E-state index in [2.05, 4.69) is 5.32 Å². The maximum atomic E-state index is 12.9. The molecule has 1 aliphatic heterocycles. The van der Waals surface area contributed by atoms with E-state index in [-0.39, 0.29) is 16.6 Å². The molecule has 0 saturated carbocycles. The van der Waals surface area contributed by atoms with E-state index < -0.39 is 23.6 Å². The second kappa shape index (κ2) is 9.68. The van der Waals surface area contributed by atoms with Gasteiger partial charge in [0.15, 0.2) is 0 Å². The molecule has 0 radical (unpaired) electrons. The lowest BCUT2D eigenvalue weighted by molar-refractivity contribution is -0.137. The highest BCUT2D eigenvalue weighted by Gasteiger charge is 2.32. The molecule has 2 amide bonds. The summed E-state index contributed by atoms with van der Waals surface area (Å²) in [7, 11) is 2.98. The van der Waals surface area contributed by atoms with Gasteiger partial charge in [-0.25, -0.2) is 0 Å². The molecule has 0 unspecified atom stereocenters. The van der Waals surface area contributed by atoms with Crippen LogP contribution in [-0.2, 0) is 11.0 Å². The van der Waals surface area contributed by atoms with E-state index in [0.29, 0.717) is 43.0 Å². The summed E-state index contributed by atoms with van der Waals surface area (Å²) in [5.74, 6) is -0.132. The van der Waals surface area contributed by atoms with Gasteiger partial charge in [0.25, 0.3) is 5.91 Å². The van der Waals surface area contributed by atoms with Crippen molar-refractivity contribution in [2.24, 2.45) is 5.92 Å². The highest BCUT2D eigenvalue weighted by atomic mass is 35.5. The fraction of sp³-hybridized carbons (Fsp3) is 0.364. The zero-order chi connectivity index (χ0) is 23.5. The quantitative estimate of drug-likeness (QED) is 0.677. The molecule has 1 fully saturated rings. The molecule has 1 aliphatic rings. The standard InChI is InChI=1S/C22H22ClF3N2O4/c1-31-16-9-14(10-17(12-16)32-2)21(30)28-7-5-13(6-8-28)20(29)27-19-11-15(22(24,25)26)3-4-18(19)23/h3-4,9-13H,5-8H2,1-2H3,(H,27,29). The molecule has 172 valence electrons. The number of amides is 2. The summed E-state index contributed by atoms with van der Waals surface area (Å²) in [5.41, 5.74) is -0.584. The number of hydrogen-bond acceptors (Lipinski definition) is 4. The Kier molecular flexibility index (Phi) is 7.18. The minimum Gasteiger partial charge on any atom is -0.497 e. The average molecular weight is 471 g/mol. The molecule has 3 rings (SSSR count). The van der Waals surface area contributed by atoms with Crippen LogP contribution < -0.4 is 14.8 Å². The fourth-order valence-electron chi connectivity index (χ4n) is 3.49. The van der Waals surface area contributed by atoms with Gasteiger partial charge in [-0.3, -0.25) is 9.59 Å². The van der Waals surface area contributed by atoms with Crippen molar-refractivity contribution in [3.63, 3.8) is 0 Å². The molecule has 32 heavy (non-hydrogen) atoms. The molecule has 0 atom stereocenters. The first-order chi connectivity index (χ1) is 15.1. The number of ether oxygens (including phenoxy) is 2. The van der Waals surface area contributed by atoms with Crippen LogP contribution in [0, 0.1) is 5.92 Å². The molecule has 0 spiro atoms. The molecular formula is C22H22ClF3N2O4. The van der Waals surface area contributed by atoms with Gasteiger partial charge in [-0.1, -0.05) is 11.6 Å². The number of alkyl halides is 3. The number of rotatable bonds is 5. The third-order valence-electron chi connectivity index (χ3n) is 5.30. The lowest BCUT2D eigenvalue weighted by atomic mass is 9.95. The van der Waals surface area contributed by atoms with Crippen LogP contribution >= 0.6 is 11.6 Å². The molecule has 0 aliphatic carbocycles. The molecule has 10 heteroatoms. The summed E-state index contributed by atoms with van der Waals surface area (Å²) in [4.78, 5) is 27.1. The average Bonchev–Trinajstić information content (AvgIpc) is 2.78. The fourth-order valence-corrected chi connectivity index (χ4v) is 3.66. The van der Waals surface area contributed by atoms with E-state index in [1.807, 2.05) is 0 Å². The van der Waals surface area contributed by atoms with Gasteiger partial charge in [-0.15, -0.1) is 0 Å². The van der Waals surface area contributed by atoms with Crippen molar-refractivity contribution in [3.05, 3.63) is 52.5 Å². The normalized spacial score (nSPS) is 14.8. The Morgan fingerprint density at radius 3 is 2.16 bits per heavy atom. The Morgan fingerprint density at radius 1 is 1.03 bits per heavy atom. The summed E-state index contributed by atoms with van der Waals surface area (Å²) in [6, 6.07) is 7.65. The van der Waals surface area contributed by atoms with Gasteiger partial charge in [-0.05, 0) is 43.2 Å². The molecule has 2 aromatic carbocycles. The van der Waals surface area contributed by atoms with Crippen LogP contribution in [0.1, 0.15) is 28.8 Å². The smallest absolute Gasteiger partial charge is 0.416 e. The van der Waals surface area contributed by atoms with Gasteiger partial charge in [0, 0.05) is 30.6 Å². The van der Waals surface area contributed by atoms with Crippen LogP contribution in [0.2, 0.25) is 5.02 Å². The lowest BCUT2D eigenvalue weighted by Gasteiger charge is -2.31. The van der Waals surface area contributed by atoms with Crippen molar-refractivity contribution < 1.29 is 32.2 Å². The van der Waals surface area contributed by atoms with Crippen molar-refractivity contribution in [1.82, 2.24) is 4.90 Å². The number of anilines is 1. The van der Waals surface area contributed by atoms with Crippen LogP contribution in [0.5, 0.6) is 11.5 Å². The lowest BCUT2D eigenvalue weighted by Crippen LogP contribution is -2.41. The maximum Gasteiger partial charge on any atom is 0.416 e. The van der Waals surface area contributed by atoms with Gasteiger partial charge in [-0.2, -0.15) is 13.2 Å². The van der Waals surface area contributed by atoms with Crippen LogP contribution in [0.3, 0.4) is 0 Å². The van der Waals surface area contributed by atoms with Crippen molar-refractivity contribution in [2.75, 3.05) is 32.6 Å². The van der Waals surface area contributed by atoms with E-state index >= 15 is 0 Å². The number of nitrogens with one attached hydrogen (secondary N) is 1. The Hall–Kier alpha value is -2.94. The van der Waals surface area contributed by atoms with Gasteiger partial charge in [0.05, 0.1) is 30.5 Å². The zero-order valence-corrected chi connectivity index (χ0v) is 18.2. The summed E-state index contributed by atoms with van der Waals surface area (Å²) in [5, 5.41) is 2.51. The van der Waals surface area contributed by atoms with Gasteiger partial charge < -0.3 is 19.7 Å². The number of piperidine rings is 1. The van der Waals surface area contributed by atoms with Crippen molar-refractivity contribution in [3.8, 4) is 11.5 Å². The molecule has 2 aromatic rings. The SMILES string of the molecule is COc1cc(OC)cc(C(=O)N2CCC(C(=O)Nc3cc(C(F)(F)F)ccc3Cl)CC2)c1. The van der Waals surface area contributed by atoms with Crippen molar-refractivity contribution in [1.29, 1.82) is 0 Å². The molecule has 1 N–H and O–H groups in total. The highest BCUT2D eigenvalue weighted by molar-refractivity contribution is 6.33. The second-order valence-corrected chi connectivity index (χ2v) is 7.76. The largest absolute Gasteiger partial charge is 0.497 e. The third kappa shape index (κ3) is 5.45. The molecule has 6 nitrogen and oxygen atoms in total. The van der Waals surface area contributed by atoms with E-state index in [1.165, 1.54) is 14.2 Å². The Morgan fingerprint density at radius 2 is 1.62 bits per heavy atom. The Bertz CT molecular complexity index is 983. The first kappa shape index (κ1) is 23.7. The van der Waals surface area contributed by atoms with Crippen molar-refractivity contribution >= 4 is 29.1 Å². The number of carbonyl (C=O) groups excluding carboxylic acids is 2. The number of carbonyl (C=O) groups is 2. The van der Waals surface area contributed by atoms with Crippen LogP contribution in [-0.4, -0.2) is 44.0 Å². The van der Waals surface area contributed by atoms with Crippen LogP contribution in [0.25, 0.3) is 0 Å². The first-order valence-electron chi connectivity index (χ1n) is 9.82. The zero-order valence-electron chi connectivity index (χ0n) is 17.5. The first-order valence-corrected chi connectivity index (χ1v) is 10.2. The van der Waals surface area contributed by atoms with Crippen molar-refractivity contribution in [2.45, 2.75) is 19.0 Å². The Labute approximate surface area is 188 Å². The monoisotopic (exact) mass is 470 g/mol. The van der Waals surface area contributed by atoms with Gasteiger partial charge in [0.1, 0.15) is 11.5 Å². The number of likely N-dealkylation sites (tertiary alicyclic amines) is 1. The topological polar surface area (TPSA) is 67.9 Å². The summed E-state index contributed by atoms with van der Waals surface area (Å²) in [6.07, 6.45) is -3.80. The second-order valence-electron chi connectivity index (χ2n) is 7.35. The molecule has 0 aromatic heterocycles. The third-order valence-corrected chi connectivity index (χ3v) is 5.63. The van der Waals surface area contributed by atoms with Crippen LogP contribution in [0.15, 0.2) is 36.4 Å². The van der Waals surface area contributed by atoms with E-state index in [1.54, 1.807) is 23.1 Å². The highest BCUT2D eigenvalue weighted by Crippen LogP contribution is 2.34. The van der Waals surface area contributed by atoms with Gasteiger partial charge >= 0.3 is 6.18 Å². The van der Waals surface area contributed by atoms with E-state index in [9.17, 15) is 22.8 Å². The maximum absolute atomic E-state index is 12.9.